The normalized spacial score (nSPS) is 19.6. The highest BCUT2D eigenvalue weighted by molar-refractivity contribution is 5.29. The highest BCUT2D eigenvalue weighted by Crippen LogP contribution is 2.47. The van der Waals surface area contributed by atoms with E-state index in [-0.39, 0.29) is 23.1 Å². The molecule has 1 atom stereocenters. The summed E-state index contributed by atoms with van der Waals surface area (Å²) in [5.41, 5.74) is 0.876. The van der Waals surface area contributed by atoms with Crippen molar-refractivity contribution in [3.8, 4) is 0 Å². The summed E-state index contributed by atoms with van der Waals surface area (Å²) >= 11 is 0. The van der Waals surface area contributed by atoms with E-state index in [9.17, 15) is 8.78 Å². The van der Waals surface area contributed by atoms with E-state index in [4.69, 9.17) is 0 Å². The molecular formula is C16H23F2N. The Balaban J connectivity index is 2.41. The Kier molecular flexibility index (Phi) is 4.24. The molecule has 1 fully saturated rings. The van der Waals surface area contributed by atoms with Gasteiger partial charge in [0.15, 0.2) is 0 Å². The standard InChI is InChI=1S/C16H23F2N/c1-4-19-15(16(3)7-5-6-8-16)12-10-13(17)11(2)9-14(12)18/h9-10,15,19H,4-8H2,1-3H3. The second kappa shape index (κ2) is 5.58. The molecule has 0 spiro atoms. The molecule has 0 saturated heterocycles. The van der Waals surface area contributed by atoms with Gasteiger partial charge in [-0.15, -0.1) is 0 Å². The topological polar surface area (TPSA) is 12.0 Å². The number of benzene rings is 1. The Morgan fingerprint density at radius 1 is 1.21 bits per heavy atom. The number of hydrogen-bond acceptors (Lipinski definition) is 1. The summed E-state index contributed by atoms with van der Waals surface area (Å²) in [6, 6.07) is 2.59. The Hall–Kier alpha value is -0.960. The molecule has 1 aliphatic carbocycles. The van der Waals surface area contributed by atoms with Crippen molar-refractivity contribution >= 4 is 0 Å². The fraction of sp³-hybridized carbons (Fsp3) is 0.625. The summed E-state index contributed by atoms with van der Waals surface area (Å²) in [5, 5.41) is 3.36. The van der Waals surface area contributed by atoms with Gasteiger partial charge in [-0.2, -0.15) is 0 Å². The molecule has 1 nitrogen and oxygen atoms in total. The van der Waals surface area contributed by atoms with E-state index in [1.165, 1.54) is 25.0 Å². The lowest BCUT2D eigenvalue weighted by atomic mass is 9.77. The minimum absolute atomic E-state index is 0.0263. The maximum absolute atomic E-state index is 14.2. The lowest BCUT2D eigenvalue weighted by Crippen LogP contribution is -2.35. The molecule has 0 aromatic heterocycles. The second-order valence-electron chi connectivity index (χ2n) is 5.97. The fourth-order valence-electron chi connectivity index (χ4n) is 3.29. The van der Waals surface area contributed by atoms with Crippen molar-refractivity contribution < 1.29 is 8.78 Å². The fourth-order valence-corrected chi connectivity index (χ4v) is 3.29. The van der Waals surface area contributed by atoms with Gasteiger partial charge in [-0.05, 0) is 49.4 Å². The van der Waals surface area contributed by atoms with Crippen molar-refractivity contribution in [1.29, 1.82) is 0 Å². The Bertz CT molecular complexity index is 450. The smallest absolute Gasteiger partial charge is 0.128 e. The maximum Gasteiger partial charge on any atom is 0.128 e. The van der Waals surface area contributed by atoms with E-state index < -0.39 is 0 Å². The summed E-state index contributed by atoms with van der Waals surface area (Å²) in [7, 11) is 0. The molecule has 0 bridgehead atoms. The number of aryl methyl sites for hydroxylation is 1. The quantitative estimate of drug-likeness (QED) is 0.846. The molecule has 0 amide bonds. The van der Waals surface area contributed by atoms with Crippen LogP contribution in [0.5, 0.6) is 0 Å². The average molecular weight is 267 g/mol. The van der Waals surface area contributed by atoms with Crippen LogP contribution < -0.4 is 5.32 Å². The van der Waals surface area contributed by atoms with Crippen molar-refractivity contribution in [3.05, 3.63) is 34.9 Å². The summed E-state index contributed by atoms with van der Waals surface area (Å²) in [6.07, 6.45) is 4.49. The van der Waals surface area contributed by atoms with E-state index in [1.807, 2.05) is 6.92 Å². The van der Waals surface area contributed by atoms with Crippen LogP contribution in [0, 0.1) is 24.0 Å². The molecular weight excluding hydrogens is 244 g/mol. The molecule has 1 aromatic carbocycles. The van der Waals surface area contributed by atoms with Gasteiger partial charge in [-0.3, -0.25) is 0 Å². The summed E-state index contributed by atoms with van der Waals surface area (Å²) in [6.45, 7) is 6.55. The van der Waals surface area contributed by atoms with Crippen LogP contribution in [0.4, 0.5) is 8.78 Å². The minimum atomic E-state index is -0.319. The first-order valence-corrected chi connectivity index (χ1v) is 7.17. The van der Waals surface area contributed by atoms with E-state index in [0.717, 1.165) is 19.4 Å². The van der Waals surface area contributed by atoms with Crippen molar-refractivity contribution in [2.45, 2.75) is 52.5 Å². The Morgan fingerprint density at radius 3 is 2.42 bits per heavy atom. The van der Waals surface area contributed by atoms with Crippen LogP contribution in [0.25, 0.3) is 0 Å². The zero-order valence-corrected chi connectivity index (χ0v) is 12.0. The lowest BCUT2D eigenvalue weighted by molar-refractivity contribution is 0.221. The third-order valence-corrected chi connectivity index (χ3v) is 4.44. The summed E-state index contributed by atoms with van der Waals surface area (Å²) in [5.74, 6) is -0.612. The molecule has 0 aliphatic heterocycles. The number of nitrogens with one attached hydrogen (secondary N) is 1. The van der Waals surface area contributed by atoms with E-state index in [0.29, 0.717) is 11.1 Å². The van der Waals surface area contributed by atoms with Crippen LogP contribution in [0.15, 0.2) is 12.1 Å². The molecule has 1 unspecified atom stereocenters. The molecule has 3 heteroatoms. The SMILES string of the molecule is CCNC(c1cc(F)c(C)cc1F)C1(C)CCCC1. The van der Waals surface area contributed by atoms with Crippen molar-refractivity contribution in [2.75, 3.05) is 6.54 Å². The molecule has 0 heterocycles. The highest BCUT2D eigenvalue weighted by Gasteiger charge is 2.38. The van der Waals surface area contributed by atoms with Crippen LogP contribution in [-0.2, 0) is 0 Å². The average Bonchev–Trinajstić information content (AvgIpc) is 2.79. The second-order valence-corrected chi connectivity index (χ2v) is 5.97. The van der Waals surface area contributed by atoms with Crippen LogP contribution >= 0.6 is 0 Å². The van der Waals surface area contributed by atoms with Crippen LogP contribution in [0.1, 0.15) is 56.7 Å². The molecule has 0 radical (unpaired) electrons. The van der Waals surface area contributed by atoms with Gasteiger partial charge >= 0.3 is 0 Å². The first kappa shape index (κ1) is 14.4. The van der Waals surface area contributed by atoms with Gasteiger partial charge in [0, 0.05) is 11.6 Å². The zero-order chi connectivity index (χ0) is 14.0. The number of halogens is 2. The van der Waals surface area contributed by atoms with E-state index >= 15 is 0 Å². The van der Waals surface area contributed by atoms with Crippen LogP contribution in [0.2, 0.25) is 0 Å². The van der Waals surface area contributed by atoms with Crippen molar-refractivity contribution in [3.63, 3.8) is 0 Å². The molecule has 1 aliphatic rings. The van der Waals surface area contributed by atoms with Gasteiger partial charge in [0.05, 0.1) is 0 Å². The zero-order valence-electron chi connectivity index (χ0n) is 12.0. The van der Waals surface area contributed by atoms with Crippen LogP contribution in [0.3, 0.4) is 0 Å². The van der Waals surface area contributed by atoms with Crippen LogP contribution in [-0.4, -0.2) is 6.54 Å². The third-order valence-electron chi connectivity index (χ3n) is 4.44. The van der Waals surface area contributed by atoms with Crippen molar-refractivity contribution in [2.24, 2.45) is 5.41 Å². The lowest BCUT2D eigenvalue weighted by Gasteiger charge is -2.35. The predicted molar refractivity (Wildman–Crippen MR) is 74.1 cm³/mol. The van der Waals surface area contributed by atoms with Gasteiger partial charge in [0.1, 0.15) is 11.6 Å². The van der Waals surface area contributed by atoms with Gasteiger partial charge in [-0.1, -0.05) is 26.7 Å². The maximum atomic E-state index is 14.2. The molecule has 106 valence electrons. The first-order valence-electron chi connectivity index (χ1n) is 7.17. The predicted octanol–water partition coefficient (Wildman–Crippen LogP) is 4.50. The summed E-state index contributed by atoms with van der Waals surface area (Å²) < 4.78 is 28.0. The molecule has 2 rings (SSSR count). The van der Waals surface area contributed by atoms with E-state index in [2.05, 4.69) is 12.2 Å². The number of rotatable bonds is 4. The molecule has 1 N–H and O–H groups in total. The molecule has 19 heavy (non-hydrogen) atoms. The monoisotopic (exact) mass is 267 g/mol. The Morgan fingerprint density at radius 2 is 1.84 bits per heavy atom. The summed E-state index contributed by atoms with van der Waals surface area (Å²) in [4.78, 5) is 0. The highest BCUT2D eigenvalue weighted by atomic mass is 19.1. The molecule has 1 aromatic rings. The third kappa shape index (κ3) is 2.81. The first-order chi connectivity index (χ1) is 8.98. The van der Waals surface area contributed by atoms with Gasteiger partial charge in [0.2, 0.25) is 0 Å². The number of hydrogen-bond donors (Lipinski definition) is 1. The van der Waals surface area contributed by atoms with Gasteiger partial charge in [0.25, 0.3) is 0 Å². The van der Waals surface area contributed by atoms with E-state index in [1.54, 1.807) is 6.92 Å². The Labute approximate surface area is 114 Å². The van der Waals surface area contributed by atoms with Crippen molar-refractivity contribution in [1.82, 2.24) is 5.32 Å². The minimum Gasteiger partial charge on any atom is -0.310 e. The molecule has 1 saturated carbocycles. The van der Waals surface area contributed by atoms with Gasteiger partial charge < -0.3 is 5.32 Å². The van der Waals surface area contributed by atoms with Gasteiger partial charge in [-0.25, -0.2) is 8.78 Å². The largest absolute Gasteiger partial charge is 0.310 e.